The van der Waals surface area contributed by atoms with Gasteiger partial charge < -0.3 is 10.8 Å². The summed E-state index contributed by atoms with van der Waals surface area (Å²) in [4.78, 5) is 4.11. The third kappa shape index (κ3) is 3.58. The normalized spacial score (nSPS) is 18.2. The van der Waals surface area contributed by atoms with Gasteiger partial charge in [0, 0.05) is 17.4 Å². The van der Waals surface area contributed by atoms with Crippen LogP contribution in [0.15, 0.2) is 63.9 Å². The Labute approximate surface area is 126 Å². The molecule has 0 aliphatic heterocycles. The van der Waals surface area contributed by atoms with E-state index in [4.69, 9.17) is 5.73 Å². The Morgan fingerprint density at radius 3 is 2.64 bits per heavy atom. The molecule has 0 fully saturated rings. The number of aliphatic hydroxyl groups excluding tert-OH is 1. The molecular formula is C16H15F3N2O. The number of hydrogen-bond acceptors (Lipinski definition) is 3. The highest BCUT2D eigenvalue weighted by Gasteiger charge is 2.32. The fraction of sp³-hybridized carbons (Fsp3) is 0.188. The van der Waals surface area contributed by atoms with Crippen LogP contribution in [0.3, 0.4) is 0 Å². The van der Waals surface area contributed by atoms with Crippen LogP contribution in [0.1, 0.15) is 13.3 Å². The molecule has 1 aromatic rings. The molecule has 1 aliphatic rings. The lowest BCUT2D eigenvalue weighted by Gasteiger charge is -2.15. The molecule has 1 aliphatic carbocycles. The summed E-state index contributed by atoms with van der Waals surface area (Å²) in [5.74, 6) is -0.100. The number of halogens is 3. The maximum Gasteiger partial charge on any atom is 0.412 e. The highest BCUT2D eigenvalue weighted by Crippen LogP contribution is 2.32. The molecule has 0 heterocycles. The molecule has 3 N–H and O–H groups in total. The van der Waals surface area contributed by atoms with Crippen LogP contribution >= 0.6 is 0 Å². The van der Waals surface area contributed by atoms with Gasteiger partial charge in [-0.05, 0) is 43.2 Å². The molecule has 0 saturated carbocycles. The number of rotatable bonds is 2. The predicted molar refractivity (Wildman–Crippen MR) is 81.2 cm³/mol. The summed E-state index contributed by atoms with van der Waals surface area (Å²) in [6.45, 7) is 1.02. The Balaban J connectivity index is 2.35. The SMILES string of the molecule is CC(=C1C=C(C=Nc2ccccc2N)C(O)=CC1)C(F)(F)F. The number of aliphatic imine (C=N–C) groups is 1. The minimum atomic E-state index is -4.39. The minimum absolute atomic E-state index is 0.0298. The topological polar surface area (TPSA) is 58.6 Å². The van der Waals surface area contributed by atoms with Crippen LogP contribution in [-0.2, 0) is 0 Å². The van der Waals surface area contributed by atoms with Gasteiger partial charge >= 0.3 is 6.18 Å². The Hall–Kier alpha value is -2.50. The zero-order valence-electron chi connectivity index (χ0n) is 11.9. The van der Waals surface area contributed by atoms with E-state index >= 15 is 0 Å². The first-order valence-corrected chi connectivity index (χ1v) is 6.55. The summed E-state index contributed by atoms with van der Waals surface area (Å²) in [6, 6.07) is 6.83. The average molecular weight is 308 g/mol. The molecule has 0 amide bonds. The molecule has 0 atom stereocenters. The van der Waals surface area contributed by atoms with Gasteiger partial charge in [0.15, 0.2) is 0 Å². The summed E-state index contributed by atoms with van der Waals surface area (Å²) < 4.78 is 38.2. The summed E-state index contributed by atoms with van der Waals surface area (Å²) in [5, 5.41) is 9.79. The summed E-state index contributed by atoms with van der Waals surface area (Å²) >= 11 is 0. The lowest BCUT2D eigenvalue weighted by Crippen LogP contribution is -2.12. The van der Waals surface area contributed by atoms with Crippen molar-refractivity contribution in [1.29, 1.82) is 0 Å². The number of allylic oxidation sites excluding steroid dienone is 5. The van der Waals surface area contributed by atoms with Crippen molar-refractivity contribution in [2.24, 2.45) is 4.99 Å². The van der Waals surface area contributed by atoms with E-state index in [0.29, 0.717) is 11.4 Å². The number of para-hydroxylation sites is 2. The predicted octanol–water partition coefficient (Wildman–Crippen LogP) is 4.62. The zero-order chi connectivity index (χ0) is 16.3. The standard InChI is InChI=1S/C16H15F3N2O/c1-10(16(17,18)19)11-6-7-15(22)12(8-11)9-21-14-5-3-2-4-13(14)20/h2-5,7-9,22H,6,20H2,1H3. The van der Waals surface area contributed by atoms with Gasteiger partial charge in [-0.1, -0.05) is 12.1 Å². The number of hydrogen-bond donors (Lipinski definition) is 2. The quantitative estimate of drug-likeness (QED) is 0.618. The van der Waals surface area contributed by atoms with Crippen LogP contribution < -0.4 is 5.73 Å². The van der Waals surface area contributed by atoms with Crippen LogP contribution in [0.25, 0.3) is 0 Å². The molecule has 0 aromatic heterocycles. The van der Waals surface area contributed by atoms with Crippen molar-refractivity contribution < 1.29 is 18.3 Å². The molecule has 0 bridgehead atoms. The van der Waals surface area contributed by atoms with Crippen LogP contribution in [0, 0.1) is 0 Å². The molecule has 0 radical (unpaired) electrons. The first-order chi connectivity index (χ1) is 10.3. The van der Waals surface area contributed by atoms with Crippen LogP contribution in [0.5, 0.6) is 0 Å². The Kier molecular flexibility index (Phi) is 4.40. The van der Waals surface area contributed by atoms with Crippen LogP contribution in [0.4, 0.5) is 24.5 Å². The summed E-state index contributed by atoms with van der Waals surface area (Å²) in [6.07, 6.45) is -0.428. The van der Waals surface area contributed by atoms with E-state index in [1.807, 2.05) is 0 Å². The van der Waals surface area contributed by atoms with Gasteiger partial charge in [-0.2, -0.15) is 13.2 Å². The molecule has 22 heavy (non-hydrogen) atoms. The number of nitrogens with two attached hydrogens (primary N) is 1. The monoisotopic (exact) mass is 308 g/mol. The summed E-state index contributed by atoms with van der Waals surface area (Å²) in [5.41, 5.74) is 6.31. The van der Waals surface area contributed by atoms with Gasteiger partial charge in [0.05, 0.1) is 11.4 Å². The van der Waals surface area contributed by atoms with E-state index in [0.717, 1.165) is 6.92 Å². The third-order valence-corrected chi connectivity index (χ3v) is 3.33. The second-order valence-electron chi connectivity index (χ2n) is 4.86. The maximum atomic E-state index is 12.7. The second kappa shape index (κ2) is 6.09. The van der Waals surface area contributed by atoms with Gasteiger partial charge in [0.1, 0.15) is 5.76 Å². The average Bonchev–Trinajstić information content (AvgIpc) is 2.46. The van der Waals surface area contributed by atoms with Gasteiger partial charge in [-0.15, -0.1) is 0 Å². The van der Waals surface area contributed by atoms with E-state index in [1.54, 1.807) is 24.3 Å². The molecule has 6 heteroatoms. The van der Waals surface area contributed by atoms with Crippen LogP contribution in [-0.4, -0.2) is 17.5 Å². The highest BCUT2D eigenvalue weighted by atomic mass is 19.4. The van der Waals surface area contributed by atoms with Crippen molar-refractivity contribution >= 4 is 17.6 Å². The Bertz CT molecular complexity index is 698. The molecule has 0 saturated heterocycles. The fourth-order valence-corrected chi connectivity index (χ4v) is 1.94. The van der Waals surface area contributed by atoms with Crippen molar-refractivity contribution in [2.45, 2.75) is 19.5 Å². The van der Waals surface area contributed by atoms with E-state index in [-0.39, 0.29) is 23.3 Å². The summed E-state index contributed by atoms with van der Waals surface area (Å²) in [7, 11) is 0. The van der Waals surface area contributed by atoms with Crippen molar-refractivity contribution in [1.82, 2.24) is 0 Å². The Morgan fingerprint density at radius 1 is 1.32 bits per heavy atom. The molecule has 3 nitrogen and oxygen atoms in total. The zero-order valence-corrected chi connectivity index (χ0v) is 11.9. The van der Waals surface area contributed by atoms with E-state index in [1.165, 1.54) is 18.4 Å². The van der Waals surface area contributed by atoms with Crippen LogP contribution in [0.2, 0.25) is 0 Å². The minimum Gasteiger partial charge on any atom is -0.508 e. The number of nitrogen functional groups attached to an aromatic ring is 1. The Morgan fingerprint density at radius 2 is 2.00 bits per heavy atom. The van der Waals surface area contributed by atoms with Gasteiger partial charge in [-0.3, -0.25) is 4.99 Å². The first kappa shape index (κ1) is 15.9. The molecule has 2 rings (SSSR count). The third-order valence-electron chi connectivity index (χ3n) is 3.33. The molecule has 0 spiro atoms. The highest BCUT2D eigenvalue weighted by molar-refractivity contribution is 5.88. The van der Waals surface area contributed by atoms with Gasteiger partial charge in [-0.25, -0.2) is 0 Å². The van der Waals surface area contributed by atoms with Gasteiger partial charge in [0.25, 0.3) is 0 Å². The smallest absolute Gasteiger partial charge is 0.412 e. The van der Waals surface area contributed by atoms with E-state index in [9.17, 15) is 18.3 Å². The molecule has 0 unspecified atom stereocenters. The number of anilines is 1. The van der Waals surface area contributed by atoms with Crippen molar-refractivity contribution in [3.63, 3.8) is 0 Å². The lowest BCUT2D eigenvalue weighted by molar-refractivity contribution is -0.0920. The number of alkyl halides is 3. The molecule has 1 aromatic carbocycles. The molecular weight excluding hydrogens is 293 g/mol. The van der Waals surface area contributed by atoms with Crippen molar-refractivity contribution in [3.05, 3.63) is 58.9 Å². The fourth-order valence-electron chi connectivity index (χ4n) is 1.94. The second-order valence-corrected chi connectivity index (χ2v) is 4.86. The largest absolute Gasteiger partial charge is 0.508 e. The molecule has 116 valence electrons. The van der Waals surface area contributed by atoms with Gasteiger partial charge in [0.2, 0.25) is 0 Å². The lowest BCUT2D eigenvalue weighted by atomic mass is 9.96. The van der Waals surface area contributed by atoms with Crippen molar-refractivity contribution in [2.75, 3.05) is 5.73 Å². The number of nitrogens with zero attached hydrogens (tertiary/aromatic N) is 1. The van der Waals surface area contributed by atoms with E-state index in [2.05, 4.69) is 4.99 Å². The van der Waals surface area contributed by atoms with Crippen molar-refractivity contribution in [3.8, 4) is 0 Å². The maximum absolute atomic E-state index is 12.7. The number of aliphatic hydroxyl groups is 1. The number of benzene rings is 1. The van der Waals surface area contributed by atoms with E-state index < -0.39 is 11.7 Å². The first-order valence-electron chi connectivity index (χ1n) is 6.55.